The molecular formula is C25H32O4. The van der Waals surface area contributed by atoms with E-state index >= 15 is 0 Å². The summed E-state index contributed by atoms with van der Waals surface area (Å²) in [4.78, 5) is 37.0. The van der Waals surface area contributed by atoms with E-state index in [4.69, 9.17) is 4.74 Å². The summed E-state index contributed by atoms with van der Waals surface area (Å²) >= 11 is 0. The first-order valence-electron chi connectivity index (χ1n) is 10.8. The number of fused-ring (bicyclic) bond motifs is 5. The lowest BCUT2D eigenvalue weighted by Crippen LogP contribution is -2.58. The lowest BCUT2D eigenvalue weighted by atomic mass is 9.47. The average Bonchev–Trinajstić information content (AvgIpc) is 2.85. The van der Waals surface area contributed by atoms with Gasteiger partial charge in [-0.1, -0.05) is 32.1 Å². The van der Waals surface area contributed by atoms with Crippen molar-refractivity contribution in [1.82, 2.24) is 0 Å². The quantitative estimate of drug-likeness (QED) is 0.500. The van der Waals surface area contributed by atoms with Gasteiger partial charge < -0.3 is 4.74 Å². The van der Waals surface area contributed by atoms with E-state index in [2.05, 4.69) is 33.4 Å². The van der Waals surface area contributed by atoms with Crippen LogP contribution < -0.4 is 0 Å². The Hall–Kier alpha value is -1.97. The predicted molar refractivity (Wildman–Crippen MR) is 111 cm³/mol. The molecule has 29 heavy (non-hydrogen) atoms. The largest absolute Gasteiger partial charge is 0.446 e. The fourth-order valence-electron chi connectivity index (χ4n) is 7.50. The van der Waals surface area contributed by atoms with Crippen LogP contribution in [-0.2, 0) is 19.1 Å². The highest BCUT2D eigenvalue weighted by Gasteiger charge is 2.69. The average molecular weight is 397 g/mol. The standard InChI is InChI=1S/C25H32O4/c1-14-11-19-20(23(5)9-7-18(28)13-21(14)23)8-10-24(6)22(19)12-15(2)25(24,16(3)26)29-17(4)27/h11,13,19-20,22H,2,7-10,12H2,1,3-6H3/t19-,20+,22+,23+,24+,25+/m0/s1. The molecule has 4 heteroatoms. The molecule has 0 heterocycles. The number of hydrogen-bond acceptors (Lipinski definition) is 4. The molecule has 0 saturated heterocycles. The van der Waals surface area contributed by atoms with Gasteiger partial charge in [0, 0.05) is 18.8 Å². The summed E-state index contributed by atoms with van der Waals surface area (Å²) in [5.74, 6) is 0.595. The first-order chi connectivity index (χ1) is 13.5. The normalized spacial score (nSPS) is 43.6. The van der Waals surface area contributed by atoms with E-state index < -0.39 is 17.0 Å². The number of allylic oxidation sites excluding steroid dienone is 4. The molecule has 6 atom stereocenters. The molecule has 0 radical (unpaired) electrons. The fourth-order valence-corrected chi connectivity index (χ4v) is 7.50. The Morgan fingerprint density at radius 1 is 1.17 bits per heavy atom. The van der Waals surface area contributed by atoms with Crippen molar-refractivity contribution in [3.8, 4) is 0 Å². The Kier molecular flexibility index (Phi) is 4.39. The summed E-state index contributed by atoms with van der Waals surface area (Å²) in [6.07, 6.45) is 8.15. The highest BCUT2D eigenvalue weighted by atomic mass is 16.6. The van der Waals surface area contributed by atoms with Gasteiger partial charge in [0.2, 0.25) is 0 Å². The van der Waals surface area contributed by atoms with E-state index in [1.807, 2.05) is 6.08 Å². The van der Waals surface area contributed by atoms with E-state index in [9.17, 15) is 14.4 Å². The maximum Gasteiger partial charge on any atom is 0.303 e. The van der Waals surface area contributed by atoms with E-state index in [0.717, 1.165) is 24.8 Å². The third kappa shape index (κ3) is 2.47. The van der Waals surface area contributed by atoms with Gasteiger partial charge in [0.15, 0.2) is 17.2 Å². The number of Topliss-reactive ketones (excluding diaryl/α,β-unsaturated/α-hetero) is 1. The van der Waals surface area contributed by atoms with Crippen molar-refractivity contribution in [2.45, 2.75) is 72.3 Å². The van der Waals surface area contributed by atoms with Crippen LogP contribution in [0.3, 0.4) is 0 Å². The highest BCUT2D eigenvalue weighted by Crippen LogP contribution is 2.68. The molecule has 0 bridgehead atoms. The molecular weight excluding hydrogens is 364 g/mol. The Morgan fingerprint density at radius 3 is 2.48 bits per heavy atom. The van der Waals surface area contributed by atoms with E-state index in [1.54, 1.807) is 0 Å². The minimum atomic E-state index is -1.23. The minimum Gasteiger partial charge on any atom is -0.446 e. The van der Waals surface area contributed by atoms with Gasteiger partial charge in [-0.25, -0.2) is 0 Å². The van der Waals surface area contributed by atoms with Crippen molar-refractivity contribution in [2.24, 2.45) is 28.6 Å². The molecule has 0 unspecified atom stereocenters. The van der Waals surface area contributed by atoms with Crippen molar-refractivity contribution in [3.05, 3.63) is 35.5 Å². The van der Waals surface area contributed by atoms with Crippen LogP contribution in [0.2, 0.25) is 0 Å². The molecule has 0 aromatic heterocycles. The zero-order valence-electron chi connectivity index (χ0n) is 18.3. The number of carbonyl (C=O) groups is 3. The van der Waals surface area contributed by atoms with Gasteiger partial charge in [0.05, 0.1) is 0 Å². The van der Waals surface area contributed by atoms with Crippen molar-refractivity contribution >= 4 is 17.5 Å². The molecule has 4 aliphatic rings. The van der Waals surface area contributed by atoms with Crippen LogP contribution in [0.25, 0.3) is 0 Å². The zero-order valence-corrected chi connectivity index (χ0v) is 18.3. The van der Waals surface area contributed by atoms with Crippen LogP contribution in [0.1, 0.15) is 66.7 Å². The Balaban J connectivity index is 1.84. The van der Waals surface area contributed by atoms with Crippen LogP contribution in [0.4, 0.5) is 0 Å². The monoisotopic (exact) mass is 396 g/mol. The molecule has 2 saturated carbocycles. The molecule has 0 N–H and O–H groups in total. The Morgan fingerprint density at radius 2 is 1.86 bits per heavy atom. The third-order valence-electron chi connectivity index (χ3n) is 8.78. The molecule has 4 aliphatic carbocycles. The topological polar surface area (TPSA) is 60.4 Å². The number of esters is 1. The summed E-state index contributed by atoms with van der Waals surface area (Å²) < 4.78 is 5.83. The number of ether oxygens (including phenoxy) is 1. The molecule has 156 valence electrons. The van der Waals surface area contributed by atoms with E-state index in [0.29, 0.717) is 18.8 Å². The predicted octanol–water partition coefficient (Wildman–Crippen LogP) is 4.74. The summed E-state index contributed by atoms with van der Waals surface area (Å²) in [6, 6.07) is 0. The zero-order chi connectivity index (χ0) is 21.4. The van der Waals surface area contributed by atoms with Crippen LogP contribution >= 0.6 is 0 Å². The van der Waals surface area contributed by atoms with E-state index in [-0.39, 0.29) is 28.8 Å². The highest BCUT2D eigenvalue weighted by molar-refractivity contribution is 5.93. The van der Waals surface area contributed by atoms with Crippen LogP contribution in [0, 0.1) is 28.6 Å². The molecule has 0 spiro atoms. The number of rotatable bonds is 2. The Bertz CT molecular complexity index is 892. The van der Waals surface area contributed by atoms with Crippen LogP contribution in [0.15, 0.2) is 35.5 Å². The van der Waals surface area contributed by atoms with Gasteiger partial charge >= 0.3 is 5.97 Å². The maximum atomic E-state index is 12.9. The summed E-state index contributed by atoms with van der Waals surface area (Å²) in [5.41, 5.74) is 1.43. The molecule has 0 aromatic rings. The van der Waals surface area contributed by atoms with Crippen LogP contribution in [-0.4, -0.2) is 23.1 Å². The molecule has 0 aromatic carbocycles. The first kappa shape index (κ1) is 20.3. The summed E-state index contributed by atoms with van der Waals surface area (Å²) in [5, 5.41) is 0. The lowest BCUT2D eigenvalue weighted by Gasteiger charge is -2.57. The molecule has 2 fully saturated rings. The maximum absolute atomic E-state index is 12.9. The first-order valence-corrected chi connectivity index (χ1v) is 10.8. The second-order valence-corrected chi connectivity index (χ2v) is 10.2. The van der Waals surface area contributed by atoms with Gasteiger partial charge in [0.25, 0.3) is 0 Å². The van der Waals surface area contributed by atoms with Gasteiger partial charge in [-0.3, -0.25) is 14.4 Å². The SMILES string of the molecule is C=C1C[C@@H]2[C@H]3C=C(C)C4=CC(=O)CC[C@]4(C)[C@@H]3CC[C@@]2(C)[C@]1(OC(C)=O)C(C)=O. The lowest BCUT2D eigenvalue weighted by molar-refractivity contribution is -0.179. The molecule has 0 aliphatic heterocycles. The second-order valence-electron chi connectivity index (χ2n) is 10.2. The number of ketones is 2. The van der Waals surface area contributed by atoms with Crippen molar-refractivity contribution in [2.75, 3.05) is 0 Å². The van der Waals surface area contributed by atoms with Gasteiger partial charge in [-0.2, -0.15) is 0 Å². The third-order valence-corrected chi connectivity index (χ3v) is 8.78. The molecule has 4 rings (SSSR count). The summed E-state index contributed by atoms with van der Waals surface area (Å²) in [6.45, 7) is 13.7. The smallest absolute Gasteiger partial charge is 0.303 e. The summed E-state index contributed by atoms with van der Waals surface area (Å²) in [7, 11) is 0. The fraction of sp³-hybridized carbons (Fsp3) is 0.640. The van der Waals surface area contributed by atoms with Crippen molar-refractivity contribution < 1.29 is 19.1 Å². The molecule has 4 nitrogen and oxygen atoms in total. The van der Waals surface area contributed by atoms with Gasteiger partial charge in [0.1, 0.15) is 0 Å². The van der Waals surface area contributed by atoms with Gasteiger partial charge in [-0.05, 0) is 79.9 Å². The second kappa shape index (κ2) is 6.26. The van der Waals surface area contributed by atoms with E-state index in [1.165, 1.54) is 25.0 Å². The molecule has 0 amide bonds. The number of hydrogen-bond donors (Lipinski definition) is 0. The number of carbonyl (C=O) groups excluding carboxylic acids is 3. The van der Waals surface area contributed by atoms with Gasteiger partial charge in [-0.15, -0.1) is 0 Å². The minimum absolute atomic E-state index is 0.0109. The van der Waals surface area contributed by atoms with Crippen LogP contribution in [0.5, 0.6) is 0 Å². The van der Waals surface area contributed by atoms with Crippen molar-refractivity contribution in [3.63, 3.8) is 0 Å². The Labute approximate surface area is 173 Å². The van der Waals surface area contributed by atoms with Crippen molar-refractivity contribution in [1.29, 1.82) is 0 Å².